The third-order valence-electron chi connectivity index (χ3n) is 2.93. The molecule has 6 heteroatoms. The number of aromatic nitrogens is 3. The lowest BCUT2D eigenvalue weighted by atomic mass is 10.3. The van der Waals surface area contributed by atoms with Crippen molar-refractivity contribution in [3.8, 4) is 0 Å². The minimum Gasteiger partial charge on any atom is -0.325 e. The van der Waals surface area contributed by atoms with Gasteiger partial charge in [-0.2, -0.15) is 0 Å². The summed E-state index contributed by atoms with van der Waals surface area (Å²) in [5.74, 6) is 0.856. The molecule has 0 amide bonds. The van der Waals surface area contributed by atoms with Gasteiger partial charge in [-0.25, -0.2) is 4.98 Å². The summed E-state index contributed by atoms with van der Waals surface area (Å²) in [6.07, 6.45) is 0. The Kier molecular flexibility index (Phi) is 2.43. The van der Waals surface area contributed by atoms with Crippen molar-refractivity contribution in [2.45, 2.75) is 6.54 Å². The zero-order chi connectivity index (χ0) is 12.2. The molecular formula is C11H10BrClN4. The number of nitrogens with two attached hydrogens (primary N) is 1. The van der Waals surface area contributed by atoms with Crippen molar-refractivity contribution < 1.29 is 0 Å². The summed E-state index contributed by atoms with van der Waals surface area (Å²) in [5, 5.41) is 0.691. The van der Waals surface area contributed by atoms with E-state index < -0.39 is 0 Å². The first kappa shape index (κ1) is 11.1. The minimum absolute atomic E-state index is 0.468. The first-order chi connectivity index (χ1) is 8.13. The highest BCUT2D eigenvalue weighted by atomic mass is 79.9. The molecule has 0 atom stereocenters. The predicted octanol–water partition coefficient (Wildman–Crippen LogP) is 2.70. The van der Waals surface area contributed by atoms with Gasteiger partial charge in [-0.3, -0.25) is 4.40 Å². The first-order valence-corrected chi connectivity index (χ1v) is 6.31. The van der Waals surface area contributed by atoms with E-state index in [0.29, 0.717) is 11.6 Å². The molecule has 1 aromatic carbocycles. The Labute approximate surface area is 111 Å². The van der Waals surface area contributed by atoms with Crippen molar-refractivity contribution >= 4 is 44.3 Å². The normalized spacial score (nSPS) is 11.8. The van der Waals surface area contributed by atoms with E-state index in [0.717, 1.165) is 27.1 Å². The molecule has 17 heavy (non-hydrogen) atoms. The lowest BCUT2D eigenvalue weighted by Crippen LogP contribution is -2.03. The van der Waals surface area contributed by atoms with E-state index >= 15 is 0 Å². The molecule has 4 nitrogen and oxygen atoms in total. The zero-order valence-electron chi connectivity index (χ0n) is 9.11. The van der Waals surface area contributed by atoms with Crippen LogP contribution in [0.1, 0.15) is 5.69 Å². The number of aryl methyl sites for hydroxylation is 1. The van der Waals surface area contributed by atoms with Crippen LogP contribution in [0.4, 0.5) is 0 Å². The maximum atomic E-state index is 5.96. The van der Waals surface area contributed by atoms with Crippen LogP contribution in [0.5, 0.6) is 0 Å². The second kappa shape index (κ2) is 3.73. The Morgan fingerprint density at radius 3 is 2.94 bits per heavy atom. The van der Waals surface area contributed by atoms with E-state index in [1.807, 2.05) is 34.2 Å². The molecule has 0 aliphatic carbocycles. The van der Waals surface area contributed by atoms with Crippen LogP contribution in [-0.2, 0) is 13.6 Å². The highest BCUT2D eigenvalue weighted by molar-refractivity contribution is 9.10. The van der Waals surface area contributed by atoms with Gasteiger partial charge in [0.1, 0.15) is 4.60 Å². The van der Waals surface area contributed by atoms with Crippen molar-refractivity contribution in [1.82, 2.24) is 14.0 Å². The minimum atomic E-state index is 0.468. The van der Waals surface area contributed by atoms with E-state index in [2.05, 4.69) is 20.9 Å². The molecule has 2 aromatic heterocycles. The maximum absolute atomic E-state index is 5.96. The number of hydrogen-bond donors (Lipinski definition) is 1. The average molecular weight is 314 g/mol. The molecule has 3 aromatic rings. The number of rotatable bonds is 1. The zero-order valence-corrected chi connectivity index (χ0v) is 11.5. The van der Waals surface area contributed by atoms with Crippen LogP contribution in [0.25, 0.3) is 16.8 Å². The lowest BCUT2D eigenvalue weighted by Gasteiger charge is -1.98. The van der Waals surface area contributed by atoms with E-state index in [-0.39, 0.29) is 0 Å². The number of hydrogen-bond acceptors (Lipinski definition) is 2. The molecular weight excluding hydrogens is 304 g/mol. The second-order valence-corrected chi connectivity index (χ2v) is 5.07. The van der Waals surface area contributed by atoms with Crippen LogP contribution in [0.3, 0.4) is 0 Å². The van der Waals surface area contributed by atoms with Crippen LogP contribution in [0, 0.1) is 0 Å². The van der Waals surface area contributed by atoms with E-state index in [4.69, 9.17) is 17.3 Å². The van der Waals surface area contributed by atoms with Crippen molar-refractivity contribution in [1.29, 1.82) is 0 Å². The number of benzene rings is 1. The van der Waals surface area contributed by atoms with Crippen LogP contribution in [0.2, 0.25) is 5.02 Å². The fraction of sp³-hybridized carbons (Fsp3) is 0.182. The van der Waals surface area contributed by atoms with Crippen molar-refractivity contribution in [3.63, 3.8) is 0 Å². The summed E-state index contributed by atoms with van der Waals surface area (Å²) in [4.78, 5) is 4.56. The molecule has 0 saturated carbocycles. The predicted molar refractivity (Wildman–Crippen MR) is 72.3 cm³/mol. The molecule has 0 radical (unpaired) electrons. The lowest BCUT2D eigenvalue weighted by molar-refractivity contribution is 0.836. The topological polar surface area (TPSA) is 48.2 Å². The summed E-state index contributed by atoms with van der Waals surface area (Å²) in [5.41, 5.74) is 8.65. The van der Waals surface area contributed by atoms with Gasteiger partial charge in [0, 0.05) is 18.6 Å². The van der Waals surface area contributed by atoms with Gasteiger partial charge in [0.15, 0.2) is 0 Å². The van der Waals surface area contributed by atoms with Crippen LogP contribution in [0.15, 0.2) is 22.8 Å². The maximum Gasteiger partial charge on any atom is 0.215 e. The van der Waals surface area contributed by atoms with Crippen LogP contribution < -0.4 is 5.73 Å². The molecule has 2 heterocycles. The summed E-state index contributed by atoms with van der Waals surface area (Å²) in [7, 11) is 1.95. The molecule has 0 saturated heterocycles. The van der Waals surface area contributed by atoms with Gasteiger partial charge >= 0.3 is 0 Å². The standard InChI is InChI=1S/C11H10BrClN4/c1-16-9(5-14)10(12)17-8-3-2-6(13)4-7(8)15-11(16)17/h2-4H,5,14H2,1H3. The Morgan fingerprint density at radius 1 is 1.47 bits per heavy atom. The summed E-state index contributed by atoms with van der Waals surface area (Å²) < 4.78 is 4.97. The van der Waals surface area contributed by atoms with Gasteiger partial charge in [0.25, 0.3) is 0 Å². The SMILES string of the molecule is Cn1c(CN)c(Br)n2c3ccc(Cl)cc3nc12. The van der Waals surface area contributed by atoms with Crippen LogP contribution in [-0.4, -0.2) is 14.0 Å². The van der Waals surface area contributed by atoms with E-state index in [1.54, 1.807) is 0 Å². The monoisotopic (exact) mass is 312 g/mol. The molecule has 0 fully saturated rings. The number of nitrogens with zero attached hydrogens (tertiary/aromatic N) is 3. The molecule has 0 aliphatic rings. The third-order valence-corrected chi connectivity index (χ3v) is 3.98. The summed E-state index contributed by atoms with van der Waals surface area (Å²) in [6.45, 7) is 0.468. The number of fused-ring (bicyclic) bond motifs is 3. The Morgan fingerprint density at radius 2 is 2.24 bits per heavy atom. The second-order valence-electron chi connectivity index (χ2n) is 3.88. The quantitative estimate of drug-likeness (QED) is 0.751. The molecule has 0 spiro atoms. The third kappa shape index (κ3) is 1.43. The molecule has 0 unspecified atom stereocenters. The Balaban J connectivity index is 2.52. The fourth-order valence-electron chi connectivity index (χ4n) is 2.07. The fourth-order valence-corrected chi connectivity index (χ4v) is 3.01. The molecule has 88 valence electrons. The molecule has 0 bridgehead atoms. The number of imidazole rings is 2. The van der Waals surface area contributed by atoms with Crippen LogP contribution >= 0.6 is 27.5 Å². The van der Waals surface area contributed by atoms with Gasteiger partial charge in [-0.05, 0) is 34.1 Å². The van der Waals surface area contributed by atoms with Gasteiger partial charge in [-0.15, -0.1) is 0 Å². The van der Waals surface area contributed by atoms with Gasteiger partial charge in [0.05, 0.1) is 16.7 Å². The molecule has 3 rings (SSSR count). The average Bonchev–Trinajstić information content (AvgIpc) is 2.76. The van der Waals surface area contributed by atoms with E-state index in [9.17, 15) is 0 Å². The molecule has 0 aliphatic heterocycles. The highest BCUT2D eigenvalue weighted by Crippen LogP contribution is 2.28. The van der Waals surface area contributed by atoms with Gasteiger partial charge in [0.2, 0.25) is 5.78 Å². The first-order valence-electron chi connectivity index (χ1n) is 5.14. The van der Waals surface area contributed by atoms with Crippen molar-refractivity contribution in [2.24, 2.45) is 12.8 Å². The van der Waals surface area contributed by atoms with Gasteiger partial charge < -0.3 is 10.3 Å². The summed E-state index contributed by atoms with van der Waals surface area (Å²) in [6, 6.07) is 5.68. The Bertz CT molecular complexity index is 728. The smallest absolute Gasteiger partial charge is 0.215 e. The van der Waals surface area contributed by atoms with Crippen molar-refractivity contribution in [3.05, 3.63) is 33.5 Å². The Hall–Kier alpha value is -1.04. The largest absolute Gasteiger partial charge is 0.325 e. The van der Waals surface area contributed by atoms with E-state index in [1.165, 1.54) is 0 Å². The van der Waals surface area contributed by atoms with Gasteiger partial charge in [-0.1, -0.05) is 11.6 Å². The molecule has 2 N–H and O–H groups in total. The summed E-state index contributed by atoms with van der Waals surface area (Å²) >= 11 is 9.53. The number of halogens is 2. The highest BCUT2D eigenvalue weighted by Gasteiger charge is 2.16. The van der Waals surface area contributed by atoms with Crippen molar-refractivity contribution in [2.75, 3.05) is 0 Å².